The Labute approximate surface area is 148 Å². The fraction of sp³-hybridized carbons (Fsp3) is 0.842. The van der Waals surface area contributed by atoms with E-state index in [0.717, 1.165) is 25.2 Å². The van der Waals surface area contributed by atoms with Gasteiger partial charge in [0.1, 0.15) is 6.04 Å². The minimum atomic E-state index is -0.722. The van der Waals surface area contributed by atoms with Crippen molar-refractivity contribution < 1.29 is 19.1 Å². The van der Waals surface area contributed by atoms with Gasteiger partial charge in [-0.3, -0.25) is 9.59 Å². The molecule has 0 aromatic carbocycles. The molecule has 4 aliphatic carbocycles. The van der Waals surface area contributed by atoms with Gasteiger partial charge in [-0.1, -0.05) is 0 Å². The molecular formula is C19H28N2O4. The van der Waals surface area contributed by atoms with Gasteiger partial charge >= 0.3 is 5.97 Å². The van der Waals surface area contributed by atoms with Gasteiger partial charge in [-0.2, -0.15) is 0 Å². The summed E-state index contributed by atoms with van der Waals surface area (Å²) in [7, 11) is 1.32. The van der Waals surface area contributed by atoms with Crippen molar-refractivity contribution in [2.75, 3.05) is 13.7 Å². The van der Waals surface area contributed by atoms with Crippen molar-refractivity contribution in [1.29, 1.82) is 0 Å². The molecule has 5 fully saturated rings. The minimum absolute atomic E-state index is 0.00332. The lowest BCUT2D eigenvalue weighted by molar-refractivity contribution is -0.152. The Hall–Kier alpha value is -1.59. The van der Waals surface area contributed by atoms with Crippen LogP contribution in [0.2, 0.25) is 0 Å². The minimum Gasteiger partial charge on any atom is -0.467 e. The van der Waals surface area contributed by atoms with Crippen LogP contribution in [0.5, 0.6) is 0 Å². The lowest BCUT2D eigenvalue weighted by atomic mass is 9.40. The van der Waals surface area contributed by atoms with E-state index in [-0.39, 0.29) is 23.7 Å². The maximum absolute atomic E-state index is 12.7. The number of carbonyl (C=O) groups excluding carboxylic acids is 3. The molecule has 6 nitrogen and oxygen atoms in total. The van der Waals surface area contributed by atoms with Crippen LogP contribution < -0.4 is 10.6 Å². The number of carbonyl (C=O) groups is 3. The molecule has 2 bridgehead atoms. The quantitative estimate of drug-likeness (QED) is 0.711. The van der Waals surface area contributed by atoms with Crippen LogP contribution in [0.25, 0.3) is 0 Å². The van der Waals surface area contributed by atoms with Crippen LogP contribution in [0.15, 0.2) is 0 Å². The number of esters is 1. The molecule has 1 aliphatic heterocycles. The average Bonchev–Trinajstić information content (AvgIpc) is 3.13. The van der Waals surface area contributed by atoms with Gasteiger partial charge in [0.15, 0.2) is 0 Å². The van der Waals surface area contributed by atoms with Crippen LogP contribution >= 0.6 is 0 Å². The molecule has 138 valence electrons. The standard InChI is InChI=1S/C19H28N2O4/c1-25-18(24)15(7-13-4-5-20-16(13)22)21-17(23)12-2-3-14(6-12)19-8-11(9-19)10-19/h11-15H,2-10H2,1H3,(H,20,22)(H,21,23)/t11?,12-,13-,14?,15-,19?/m0/s1. The lowest BCUT2D eigenvalue weighted by Crippen LogP contribution is -2.55. The summed E-state index contributed by atoms with van der Waals surface area (Å²) in [5.74, 6) is 0.905. The summed E-state index contributed by atoms with van der Waals surface area (Å²) >= 11 is 0. The van der Waals surface area contributed by atoms with Gasteiger partial charge in [0, 0.05) is 18.4 Å². The van der Waals surface area contributed by atoms with Gasteiger partial charge in [0.2, 0.25) is 11.8 Å². The Balaban J connectivity index is 1.33. The Bertz CT molecular complexity index is 573. The number of nitrogens with one attached hydrogen (secondary N) is 2. The van der Waals surface area contributed by atoms with E-state index in [2.05, 4.69) is 10.6 Å². The Morgan fingerprint density at radius 2 is 2.04 bits per heavy atom. The first-order valence-electron chi connectivity index (χ1n) is 9.66. The molecule has 2 amide bonds. The van der Waals surface area contributed by atoms with E-state index >= 15 is 0 Å². The zero-order valence-electron chi connectivity index (χ0n) is 14.9. The highest BCUT2D eigenvalue weighted by molar-refractivity contribution is 5.87. The fourth-order valence-electron chi connectivity index (χ4n) is 5.62. The van der Waals surface area contributed by atoms with Crippen LogP contribution in [0.3, 0.4) is 0 Å². The van der Waals surface area contributed by atoms with E-state index in [1.54, 1.807) is 0 Å². The van der Waals surface area contributed by atoms with Gasteiger partial charge < -0.3 is 15.4 Å². The van der Waals surface area contributed by atoms with Crippen LogP contribution in [-0.4, -0.2) is 37.5 Å². The molecule has 5 aliphatic rings. The fourth-order valence-corrected chi connectivity index (χ4v) is 5.62. The van der Waals surface area contributed by atoms with Gasteiger partial charge in [0.05, 0.1) is 7.11 Å². The molecule has 0 aromatic rings. The predicted molar refractivity (Wildman–Crippen MR) is 90.3 cm³/mol. The maximum atomic E-state index is 12.7. The second kappa shape index (κ2) is 6.29. The van der Waals surface area contributed by atoms with E-state index in [4.69, 9.17) is 4.74 Å². The molecule has 0 radical (unpaired) electrons. The monoisotopic (exact) mass is 348 g/mol. The predicted octanol–water partition coefficient (Wildman–Crippen LogP) is 1.39. The van der Waals surface area contributed by atoms with Crippen molar-refractivity contribution in [3.63, 3.8) is 0 Å². The van der Waals surface area contributed by atoms with Crippen LogP contribution in [0, 0.1) is 29.1 Å². The SMILES string of the molecule is COC(=O)[C@H](C[C@@H]1CCNC1=O)NC(=O)[C@H]1CCC(C23CC(C2)C3)C1. The van der Waals surface area contributed by atoms with Gasteiger partial charge in [0.25, 0.3) is 0 Å². The van der Waals surface area contributed by atoms with Crippen LogP contribution in [0.1, 0.15) is 51.4 Å². The lowest BCUT2D eigenvalue weighted by Gasteiger charge is -2.65. The summed E-state index contributed by atoms with van der Waals surface area (Å²) in [5, 5.41) is 5.66. The first kappa shape index (κ1) is 16.9. The molecule has 4 saturated carbocycles. The zero-order valence-corrected chi connectivity index (χ0v) is 14.9. The number of hydrogen-bond acceptors (Lipinski definition) is 4. The molecule has 25 heavy (non-hydrogen) atoms. The molecule has 4 atom stereocenters. The van der Waals surface area contributed by atoms with Crippen molar-refractivity contribution in [3.8, 4) is 0 Å². The third-order valence-electron chi connectivity index (χ3n) is 7.24. The van der Waals surface area contributed by atoms with Crippen molar-refractivity contribution in [2.24, 2.45) is 29.1 Å². The van der Waals surface area contributed by atoms with E-state index in [9.17, 15) is 14.4 Å². The summed E-state index contributed by atoms with van der Waals surface area (Å²) in [6.45, 7) is 0.638. The first-order valence-corrected chi connectivity index (χ1v) is 9.66. The molecule has 5 rings (SSSR count). The van der Waals surface area contributed by atoms with Crippen molar-refractivity contribution >= 4 is 17.8 Å². The summed E-state index contributed by atoms with van der Waals surface area (Å²) in [5.41, 5.74) is 0.559. The molecule has 2 N–H and O–H groups in total. The third-order valence-corrected chi connectivity index (χ3v) is 7.24. The Morgan fingerprint density at radius 1 is 1.28 bits per heavy atom. The maximum Gasteiger partial charge on any atom is 0.328 e. The summed E-state index contributed by atoms with van der Waals surface area (Å²) in [6.07, 6.45) is 8.15. The zero-order chi connectivity index (χ0) is 17.6. The normalized spacial score (nSPS) is 39.8. The van der Waals surface area contributed by atoms with E-state index in [1.165, 1.54) is 26.4 Å². The molecule has 0 aromatic heterocycles. The smallest absolute Gasteiger partial charge is 0.328 e. The number of hydrogen-bond donors (Lipinski definition) is 2. The van der Waals surface area contributed by atoms with Crippen molar-refractivity contribution in [1.82, 2.24) is 10.6 Å². The Morgan fingerprint density at radius 3 is 2.60 bits per heavy atom. The number of methoxy groups -OCH3 is 1. The highest BCUT2D eigenvalue weighted by atomic mass is 16.5. The van der Waals surface area contributed by atoms with Crippen LogP contribution in [-0.2, 0) is 19.1 Å². The van der Waals surface area contributed by atoms with Gasteiger partial charge in [-0.15, -0.1) is 0 Å². The molecule has 6 heteroatoms. The number of rotatable bonds is 6. The van der Waals surface area contributed by atoms with E-state index in [0.29, 0.717) is 30.7 Å². The average molecular weight is 348 g/mol. The second-order valence-corrected chi connectivity index (χ2v) is 8.64. The van der Waals surface area contributed by atoms with Crippen LogP contribution in [0.4, 0.5) is 0 Å². The van der Waals surface area contributed by atoms with E-state index in [1.807, 2.05) is 0 Å². The largest absolute Gasteiger partial charge is 0.467 e. The highest BCUT2D eigenvalue weighted by Crippen LogP contribution is 2.70. The first-order chi connectivity index (χ1) is 12.0. The second-order valence-electron chi connectivity index (χ2n) is 8.64. The molecule has 1 unspecified atom stereocenters. The molecule has 1 saturated heterocycles. The van der Waals surface area contributed by atoms with E-state index < -0.39 is 12.0 Å². The van der Waals surface area contributed by atoms with Crippen molar-refractivity contribution in [3.05, 3.63) is 0 Å². The third kappa shape index (κ3) is 2.93. The number of amides is 2. The number of ether oxygens (including phenoxy) is 1. The molecule has 0 spiro atoms. The van der Waals surface area contributed by atoms with Crippen molar-refractivity contribution in [2.45, 2.75) is 57.4 Å². The summed E-state index contributed by atoms with van der Waals surface area (Å²) in [6, 6.07) is -0.722. The van der Waals surface area contributed by atoms with Gasteiger partial charge in [-0.05, 0) is 68.6 Å². The Kier molecular flexibility index (Phi) is 4.24. The highest BCUT2D eigenvalue weighted by Gasteiger charge is 2.61. The summed E-state index contributed by atoms with van der Waals surface area (Å²) in [4.78, 5) is 36.6. The molecule has 1 heterocycles. The van der Waals surface area contributed by atoms with Gasteiger partial charge in [-0.25, -0.2) is 4.79 Å². The summed E-state index contributed by atoms with van der Waals surface area (Å²) < 4.78 is 4.84. The topological polar surface area (TPSA) is 84.5 Å². The molecular weight excluding hydrogens is 320 g/mol.